The van der Waals surface area contributed by atoms with Crippen LogP contribution in [-0.2, 0) is 5.41 Å². The SMILES string of the molecule is Cc1cccc(C(Br)c2ccc3c(c2)C(C)(C)CO3)c1I. The lowest BCUT2D eigenvalue weighted by atomic mass is 9.85. The second kappa shape index (κ2) is 5.58. The fourth-order valence-corrected chi connectivity index (χ4v) is 4.51. The lowest BCUT2D eigenvalue weighted by Gasteiger charge is -2.18. The number of rotatable bonds is 2. The maximum absolute atomic E-state index is 5.78. The van der Waals surface area contributed by atoms with Crippen molar-refractivity contribution in [2.24, 2.45) is 0 Å². The maximum atomic E-state index is 5.78. The predicted octanol–water partition coefficient (Wildman–Crippen LogP) is 5.75. The van der Waals surface area contributed by atoms with Gasteiger partial charge in [0, 0.05) is 14.5 Å². The van der Waals surface area contributed by atoms with E-state index < -0.39 is 0 Å². The molecule has 0 spiro atoms. The summed E-state index contributed by atoms with van der Waals surface area (Å²) in [6.45, 7) is 7.40. The zero-order valence-electron chi connectivity index (χ0n) is 12.4. The predicted molar refractivity (Wildman–Crippen MR) is 99.6 cm³/mol. The van der Waals surface area contributed by atoms with E-state index in [0.717, 1.165) is 12.4 Å². The summed E-state index contributed by atoms with van der Waals surface area (Å²) in [6.07, 6.45) is 0. The molecule has 110 valence electrons. The number of halogens is 2. The van der Waals surface area contributed by atoms with Crippen molar-refractivity contribution in [1.82, 2.24) is 0 Å². The van der Waals surface area contributed by atoms with Gasteiger partial charge >= 0.3 is 0 Å². The first-order valence-corrected chi connectivity index (χ1v) is 9.06. The molecule has 2 aromatic rings. The standard InChI is InChI=1S/C18H18BrIO/c1-11-5-4-6-13(17(11)20)16(19)12-7-8-15-14(9-12)18(2,3)10-21-15/h4-9,16H,10H2,1-3H3. The molecule has 3 heteroatoms. The van der Waals surface area contributed by atoms with Crippen molar-refractivity contribution in [3.8, 4) is 5.75 Å². The average molecular weight is 457 g/mol. The van der Waals surface area contributed by atoms with Gasteiger partial charge in [0.25, 0.3) is 0 Å². The van der Waals surface area contributed by atoms with Crippen LogP contribution in [0.25, 0.3) is 0 Å². The van der Waals surface area contributed by atoms with Crippen LogP contribution in [0, 0.1) is 10.5 Å². The van der Waals surface area contributed by atoms with Crippen molar-refractivity contribution in [3.05, 3.63) is 62.2 Å². The smallest absolute Gasteiger partial charge is 0.123 e. The molecule has 0 aliphatic carbocycles. The Morgan fingerprint density at radius 2 is 2.00 bits per heavy atom. The Labute approximate surface area is 148 Å². The monoisotopic (exact) mass is 456 g/mol. The van der Waals surface area contributed by atoms with Gasteiger partial charge in [-0.25, -0.2) is 0 Å². The first-order chi connectivity index (χ1) is 9.90. The lowest BCUT2D eigenvalue weighted by Crippen LogP contribution is -2.18. The summed E-state index contributed by atoms with van der Waals surface area (Å²) in [4.78, 5) is 0.214. The second-order valence-electron chi connectivity index (χ2n) is 6.27. The molecule has 0 N–H and O–H groups in total. The highest BCUT2D eigenvalue weighted by atomic mass is 127. The summed E-state index contributed by atoms with van der Waals surface area (Å²) in [5, 5.41) is 0. The lowest BCUT2D eigenvalue weighted by molar-refractivity contribution is 0.291. The highest BCUT2D eigenvalue weighted by molar-refractivity contribution is 14.1. The minimum atomic E-state index is 0.0951. The van der Waals surface area contributed by atoms with Crippen molar-refractivity contribution in [2.45, 2.75) is 31.0 Å². The van der Waals surface area contributed by atoms with Gasteiger partial charge in [-0.1, -0.05) is 54.0 Å². The number of aryl methyl sites for hydroxylation is 1. The van der Waals surface area contributed by atoms with Crippen LogP contribution in [0.4, 0.5) is 0 Å². The number of alkyl halides is 1. The second-order valence-corrected chi connectivity index (χ2v) is 8.26. The van der Waals surface area contributed by atoms with E-state index in [4.69, 9.17) is 4.74 Å². The van der Waals surface area contributed by atoms with Gasteiger partial charge in [-0.15, -0.1) is 0 Å². The molecule has 0 saturated heterocycles. The van der Waals surface area contributed by atoms with Crippen LogP contribution in [0.1, 0.15) is 40.9 Å². The van der Waals surface area contributed by atoms with E-state index in [9.17, 15) is 0 Å². The molecule has 1 atom stereocenters. The summed E-state index contributed by atoms with van der Waals surface area (Å²) in [5.74, 6) is 1.03. The highest BCUT2D eigenvalue weighted by Crippen LogP contribution is 2.42. The molecule has 0 aromatic heterocycles. The van der Waals surface area contributed by atoms with Crippen LogP contribution in [0.15, 0.2) is 36.4 Å². The minimum Gasteiger partial charge on any atom is -0.492 e. The van der Waals surface area contributed by atoms with Crippen LogP contribution in [-0.4, -0.2) is 6.61 Å². The molecular formula is C18H18BrIO. The van der Waals surface area contributed by atoms with E-state index in [1.54, 1.807) is 0 Å². The van der Waals surface area contributed by atoms with Crippen LogP contribution < -0.4 is 4.74 Å². The van der Waals surface area contributed by atoms with Crippen molar-refractivity contribution in [1.29, 1.82) is 0 Å². The van der Waals surface area contributed by atoms with Gasteiger partial charge in [-0.05, 0) is 58.3 Å². The van der Waals surface area contributed by atoms with Gasteiger partial charge < -0.3 is 4.74 Å². The zero-order chi connectivity index (χ0) is 15.2. The number of benzene rings is 2. The van der Waals surface area contributed by atoms with Gasteiger partial charge in [0.15, 0.2) is 0 Å². The maximum Gasteiger partial charge on any atom is 0.123 e. The summed E-state index contributed by atoms with van der Waals surface area (Å²) in [5.41, 5.74) is 5.34. The molecule has 21 heavy (non-hydrogen) atoms. The fraction of sp³-hybridized carbons (Fsp3) is 0.333. The molecule has 1 nitrogen and oxygen atoms in total. The number of hydrogen-bond acceptors (Lipinski definition) is 1. The Kier molecular flexibility index (Phi) is 4.08. The van der Waals surface area contributed by atoms with Gasteiger partial charge in [0.05, 0.1) is 11.4 Å². The minimum absolute atomic E-state index is 0.0951. The molecule has 0 fully saturated rings. The quantitative estimate of drug-likeness (QED) is 0.412. The van der Waals surface area contributed by atoms with Gasteiger partial charge in [-0.2, -0.15) is 0 Å². The third-order valence-electron chi connectivity index (χ3n) is 4.11. The van der Waals surface area contributed by atoms with E-state index >= 15 is 0 Å². The molecule has 0 saturated carbocycles. The molecule has 1 aliphatic rings. The topological polar surface area (TPSA) is 9.23 Å². The Bertz CT molecular complexity index is 694. The van der Waals surface area contributed by atoms with Crippen LogP contribution in [0.3, 0.4) is 0 Å². The highest BCUT2D eigenvalue weighted by Gasteiger charge is 2.32. The van der Waals surface area contributed by atoms with Gasteiger partial charge in [0.1, 0.15) is 5.75 Å². The van der Waals surface area contributed by atoms with Crippen LogP contribution in [0.2, 0.25) is 0 Å². The zero-order valence-corrected chi connectivity index (χ0v) is 16.2. The van der Waals surface area contributed by atoms with Crippen molar-refractivity contribution in [2.75, 3.05) is 6.61 Å². The van der Waals surface area contributed by atoms with E-state index in [-0.39, 0.29) is 10.2 Å². The summed E-state index contributed by atoms with van der Waals surface area (Å²) in [7, 11) is 0. The molecule has 0 radical (unpaired) electrons. The summed E-state index contributed by atoms with van der Waals surface area (Å²) >= 11 is 6.32. The normalized spacial score (nSPS) is 17.2. The Hall–Kier alpha value is -0.550. The van der Waals surface area contributed by atoms with Gasteiger partial charge in [0.2, 0.25) is 0 Å². The molecule has 1 heterocycles. The Morgan fingerprint density at radius 3 is 2.76 bits per heavy atom. The first kappa shape index (κ1) is 15.3. The van der Waals surface area contributed by atoms with Crippen molar-refractivity contribution >= 4 is 38.5 Å². The van der Waals surface area contributed by atoms with E-state index in [1.807, 2.05) is 0 Å². The van der Waals surface area contributed by atoms with E-state index in [0.29, 0.717) is 0 Å². The molecular weight excluding hydrogens is 439 g/mol. The van der Waals surface area contributed by atoms with Crippen LogP contribution in [0.5, 0.6) is 5.75 Å². The third-order valence-corrected chi connectivity index (χ3v) is 6.60. The largest absolute Gasteiger partial charge is 0.492 e. The summed E-state index contributed by atoms with van der Waals surface area (Å²) < 4.78 is 7.11. The van der Waals surface area contributed by atoms with Crippen LogP contribution >= 0.6 is 38.5 Å². The van der Waals surface area contributed by atoms with E-state index in [1.165, 1.54) is 25.8 Å². The molecule has 1 aliphatic heterocycles. The molecule has 2 aromatic carbocycles. The third kappa shape index (κ3) is 2.74. The average Bonchev–Trinajstić information content (AvgIpc) is 2.76. The van der Waals surface area contributed by atoms with Crippen molar-refractivity contribution in [3.63, 3.8) is 0 Å². The number of ether oxygens (including phenoxy) is 1. The number of fused-ring (bicyclic) bond motifs is 1. The molecule has 0 bridgehead atoms. The molecule has 0 amide bonds. The van der Waals surface area contributed by atoms with Crippen molar-refractivity contribution < 1.29 is 4.74 Å². The first-order valence-electron chi connectivity index (χ1n) is 7.06. The fourth-order valence-electron chi connectivity index (χ4n) is 2.74. The Morgan fingerprint density at radius 1 is 1.24 bits per heavy atom. The molecule has 3 rings (SSSR count). The number of hydrogen-bond donors (Lipinski definition) is 0. The summed E-state index contributed by atoms with van der Waals surface area (Å²) in [6, 6.07) is 13.0. The van der Waals surface area contributed by atoms with E-state index in [2.05, 4.69) is 95.7 Å². The Balaban J connectivity index is 2.03. The molecule has 1 unspecified atom stereocenters. The van der Waals surface area contributed by atoms with Gasteiger partial charge in [-0.3, -0.25) is 0 Å².